The van der Waals surface area contributed by atoms with E-state index in [1.54, 1.807) is 18.2 Å². The van der Waals surface area contributed by atoms with Crippen LogP contribution in [0.2, 0.25) is 0 Å². The van der Waals surface area contributed by atoms with Gasteiger partial charge in [-0.3, -0.25) is 0 Å². The second-order valence-electron chi connectivity index (χ2n) is 2.80. The molecule has 1 aromatic carbocycles. The quantitative estimate of drug-likeness (QED) is 0.757. The number of rotatable bonds is 3. The van der Waals surface area contributed by atoms with Crippen LogP contribution >= 0.6 is 15.9 Å². The minimum absolute atomic E-state index is 0.101. The Morgan fingerprint density at radius 1 is 1.46 bits per heavy atom. The zero-order chi connectivity index (χ0) is 9.84. The Morgan fingerprint density at radius 2 is 2.15 bits per heavy atom. The number of nitrogens with two attached hydrogens (primary N) is 1. The highest BCUT2D eigenvalue weighted by Gasteiger charge is 2.11. The largest absolute Gasteiger partial charge is 0.508 e. The molecule has 0 radical (unpaired) electrons. The molecule has 1 aromatic rings. The standard InChI is InChI=1S/C9H12BrNO2/c10-6-1-2-8(12)7(5-6)9(13)3-4-11/h1-2,5,9,12-13H,3-4,11H2/t9-/m1/s1. The zero-order valence-corrected chi connectivity index (χ0v) is 8.66. The van der Waals surface area contributed by atoms with Crippen molar-refractivity contribution in [3.63, 3.8) is 0 Å². The number of hydrogen-bond acceptors (Lipinski definition) is 3. The van der Waals surface area contributed by atoms with E-state index < -0.39 is 6.10 Å². The van der Waals surface area contributed by atoms with Crippen LogP contribution in [0.4, 0.5) is 0 Å². The molecule has 72 valence electrons. The lowest BCUT2D eigenvalue weighted by molar-refractivity contribution is 0.166. The molecule has 0 bridgehead atoms. The number of phenols is 1. The van der Waals surface area contributed by atoms with E-state index in [9.17, 15) is 10.2 Å². The van der Waals surface area contributed by atoms with E-state index in [1.165, 1.54) is 0 Å². The molecule has 0 aliphatic heterocycles. The molecule has 0 aliphatic rings. The number of benzene rings is 1. The van der Waals surface area contributed by atoms with Crippen molar-refractivity contribution in [3.05, 3.63) is 28.2 Å². The molecule has 13 heavy (non-hydrogen) atoms. The van der Waals surface area contributed by atoms with Crippen LogP contribution in [0.25, 0.3) is 0 Å². The normalized spacial score (nSPS) is 12.8. The van der Waals surface area contributed by atoms with Gasteiger partial charge in [0.05, 0.1) is 6.10 Å². The third kappa shape index (κ3) is 2.69. The van der Waals surface area contributed by atoms with Gasteiger partial charge in [0.1, 0.15) is 5.75 Å². The topological polar surface area (TPSA) is 66.5 Å². The number of phenolic OH excluding ortho intramolecular Hbond substituents is 1. The van der Waals surface area contributed by atoms with Crippen LogP contribution in [0.3, 0.4) is 0 Å². The molecule has 0 aliphatic carbocycles. The van der Waals surface area contributed by atoms with Crippen LogP contribution in [0.1, 0.15) is 18.1 Å². The average Bonchev–Trinajstić information content (AvgIpc) is 2.09. The van der Waals surface area contributed by atoms with Gasteiger partial charge in [-0.25, -0.2) is 0 Å². The fraction of sp³-hybridized carbons (Fsp3) is 0.333. The van der Waals surface area contributed by atoms with E-state index in [1.807, 2.05) is 0 Å². The van der Waals surface area contributed by atoms with Gasteiger partial charge in [0.15, 0.2) is 0 Å². The van der Waals surface area contributed by atoms with E-state index in [-0.39, 0.29) is 5.75 Å². The zero-order valence-electron chi connectivity index (χ0n) is 7.07. The first kappa shape index (κ1) is 10.5. The minimum atomic E-state index is -0.692. The second-order valence-corrected chi connectivity index (χ2v) is 3.71. The third-order valence-corrected chi connectivity index (χ3v) is 2.28. The van der Waals surface area contributed by atoms with E-state index in [0.29, 0.717) is 18.5 Å². The summed E-state index contributed by atoms with van der Waals surface area (Å²) in [5.74, 6) is 0.101. The fourth-order valence-corrected chi connectivity index (χ4v) is 1.48. The summed E-state index contributed by atoms with van der Waals surface area (Å²) in [6.07, 6.45) is -0.244. The summed E-state index contributed by atoms with van der Waals surface area (Å²) in [7, 11) is 0. The van der Waals surface area contributed by atoms with Crippen molar-refractivity contribution >= 4 is 15.9 Å². The van der Waals surface area contributed by atoms with Crippen molar-refractivity contribution in [1.82, 2.24) is 0 Å². The Hall–Kier alpha value is -0.580. The number of aromatic hydroxyl groups is 1. The van der Waals surface area contributed by atoms with Gasteiger partial charge in [-0.15, -0.1) is 0 Å². The highest BCUT2D eigenvalue weighted by atomic mass is 79.9. The average molecular weight is 246 g/mol. The predicted octanol–water partition coefficient (Wildman–Crippen LogP) is 1.54. The van der Waals surface area contributed by atoms with Crippen molar-refractivity contribution in [2.24, 2.45) is 5.73 Å². The lowest BCUT2D eigenvalue weighted by Gasteiger charge is -2.11. The lowest BCUT2D eigenvalue weighted by Crippen LogP contribution is -2.06. The number of aliphatic hydroxyl groups excluding tert-OH is 1. The summed E-state index contributed by atoms with van der Waals surface area (Å²) >= 11 is 3.26. The van der Waals surface area contributed by atoms with Crippen molar-refractivity contribution < 1.29 is 10.2 Å². The van der Waals surface area contributed by atoms with E-state index in [0.717, 1.165) is 4.47 Å². The van der Waals surface area contributed by atoms with Gasteiger partial charge >= 0.3 is 0 Å². The van der Waals surface area contributed by atoms with Crippen molar-refractivity contribution in [3.8, 4) is 5.75 Å². The molecule has 0 amide bonds. The Kier molecular flexibility index (Phi) is 3.71. The maximum Gasteiger partial charge on any atom is 0.121 e. The Labute approximate surface area is 85.3 Å². The molecule has 3 nitrogen and oxygen atoms in total. The first-order chi connectivity index (χ1) is 6.15. The van der Waals surface area contributed by atoms with E-state index >= 15 is 0 Å². The van der Waals surface area contributed by atoms with Crippen LogP contribution in [0, 0.1) is 0 Å². The molecule has 0 saturated heterocycles. The molecule has 1 atom stereocenters. The molecular formula is C9H12BrNO2. The van der Waals surface area contributed by atoms with Crippen LogP contribution in [0.5, 0.6) is 5.75 Å². The third-order valence-electron chi connectivity index (χ3n) is 1.79. The van der Waals surface area contributed by atoms with Crippen LogP contribution in [0.15, 0.2) is 22.7 Å². The summed E-state index contributed by atoms with van der Waals surface area (Å²) < 4.78 is 0.830. The summed E-state index contributed by atoms with van der Waals surface area (Å²) in [5.41, 5.74) is 5.82. The summed E-state index contributed by atoms with van der Waals surface area (Å²) in [6, 6.07) is 4.95. The smallest absolute Gasteiger partial charge is 0.121 e. The number of halogens is 1. The maximum absolute atomic E-state index is 9.56. The molecule has 4 N–H and O–H groups in total. The van der Waals surface area contributed by atoms with Crippen molar-refractivity contribution in [1.29, 1.82) is 0 Å². The van der Waals surface area contributed by atoms with Gasteiger partial charge in [0.2, 0.25) is 0 Å². The molecular weight excluding hydrogens is 234 g/mol. The van der Waals surface area contributed by atoms with Crippen LogP contribution in [-0.4, -0.2) is 16.8 Å². The van der Waals surface area contributed by atoms with E-state index in [4.69, 9.17) is 5.73 Å². The van der Waals surface area contributed by atoms with E-state index in [2.05, 4.69) is 15.9 Å². The van der Waals surface area contributed by atoms with Gasteiger partial charge in [-0.05, 0) is 31.2 Å². The second kappa shape index (κ2) is 4.60. The first-order valence-corrected chi connectivity index (χ1v) is 4.81. The maximum atomic E-state index is 9.56. The first-order valence-electron chi connectivity index (χ1n) is 4.01. The lowest BCUT2D eigenvalue weighted by atomic mass is 10.1. The van der Waals surface area contributed by atoms with Gasteiger partial charge in [0.25, 0.3) is 0 Å². The Morgan fingerprint density at radius 3 is 2.77 bits per heavy atom. The summed E-state index contributed by atoms with van der Waals surface area (Å²) in [4.78, 5) is 0. The number of aliphatic hydroxyl groups is 1. The summed E-state index contributed by atoms with van der Waals surface area (Å²) in [6.45, 7) is 0.396. The van der Waals surface area contributed by atoms with Gasteiger partial charge < -0.3 is 15.9 Å². The molecule has 0 aromatic heterocycles. The monoisotopic (exact) mass is 245 g/mol. The molecule has 0 fully saturated rings. The SMILES string of the molecule is NCC[C@@H](O)c1cc(Br)ccc1O. The Bertz CT molecular complexity index is 291. The molecule has 0 saturated carbocycles. The number of hydrogen-bond donors (Lipinski definition) is 3. The molecule has 4 heteroatoms. The van der Waals surface area contributed by atoms with Crippen LogP contribution < -0.4 is 5.73 Å². The van der Waals surface area contributed by atoms with Crippen molar-refractivity contribution in [2.75, 3.05) is 6.54 Å². The fourth-order valence-electron chi connectivity index (χ4n) is 1.11. The molecule has 0 unspecified atom stereocenters. The molecule has 0 spiro atoms. The highest BCUT2D eigenvalue weighted by Crippen LogP contribution is 2.28. The Balaban J connectivity index is 2.91. The molecule has 1 rings (SSSR count). The van der Waals surface area contributed by atoms with Crippen molar-refractivity contribution in [2.45, 2.75) is 12.5 Å². The van der Waals surface area contributed by atoms with Crippen LogP contribution in [-0.2, 0) is 0 Å². The van der Waals surface area contributed by atoms with Gasteiger partial charge in [-0.2, -0.15) is 0 Å². The summed E-state index contributed by atoms with van der Waals surface area (Å²) in [5, 5.41) is 19.0. The predicted molar refractivity (Wildman–Crippen MR) is 54.4 cm³/mol. The minimum Gasteiger partial charge on any atom is -0.508 e. The highest BCUT2D eigenvalue weighted by molar-refractivity contribution is 9.10. The van der Waals surface area contributed by atoms with Gasteiger partial charge in [-0.1, -0.05) is 15.9 Å². The van der Waals surface area contributed by atoms with Gasteiger partial charge in [0, 0.05) is 10.0 Å². The molecule has 0 heterocycles.